The second-order valence-corrected chi connectivity index (χ2v) is 2.11. The monoisotopic (exact) mass is 123 g/mol. The Labute approximate surface area is 51.4 Å². The molecule has 0 aliphatic rings. The minimum Gasteiger partial charge on any atom is -0.231 e. The average Bonchev–Trinajstić information content (AvgIpc) is 2.14. The van der Waals surface area contributed by atoms with E-state index >= 15 is 0 Å². The van der Waals surface area contributed by atoms with Crippen LogP contribution in [-0.2, 0) is 0 Å². The SMILES string of the molecule is [CH2]c1csc(C#N)n1. The summed E-state index contributed by atoms with van der Waals surface area (Å²) in [4.78, 5) is 3.78. The number of aromatic nitrogens is 1. The minimum absolute atomic E-state index is 0.481. The predicted octanol–water partition coefficient (Wildman–Crippen LogP) is 1.20. The third-order valence-corrected chi connectivity index (χ3v) is 1.44. The normalized spacial score (nSPS) is 8.50. The molecule has 1 radical (unpaired) electrons. The zero-order valence-electron chi connectivity index (χ0n) is 4.09. The molecule has 0 saturated carbocycles. The molecule has 2 nitrogen and oxygen atoms in total. The Morgan fingerprint density at radius 2 is 2.62 bits per heavy atom. The molecule has 0 unspecified atom stereocenters. The zero-order chi connectivity index (χ0) is 5.98. The molecule has 0 atom stereocenters. The fraction of sp³-hybridized carbons (Fsp3) is 0. The Morgan fingerprint density at radius 1 is 1.88 bits per heavy atom. The first kappa shape index (κ1) is 5.26. The summed E-state index contributed by atoms with van der Waals surface area (Å²) in [6.45, 7) is 3.54. The molecule has 0 aromatic carbocycles. The van der Waals surface area contributed by atoms with E-state index in [4.69, 9.17) is 5.26 Å². The molecule has 0 aliphatic heterocycles. The maximum Gasteiger partial charge on any atom is 0.194 e. The van der Waals surface area contributed by atoms with Crippen LogP contribution < -0.4 is 0 Å². The number of nitrogens with zero attached hydrogens (tertiary/aromatic N) is 2. The van der Waals surface area contributed by atoms with E-state index in [0.717, 1.165) is 0 Å². The van der Waals surface area contributed by atoms with Gasteiger partial charge in [-0.1, -0.05) is 0 Å². The van der Waals surface area contributed by atoms with Gasteiger partial charge in [-0.3, -0.25) is 0 Å². The minimum atomic E-state index is 0.481. The number of nitriles is 1. The predicted molar refractivity (Wildman–Crippen MR) is 31.3 cm³/mol. The van der Waals surface area contributed by atoms with Gasteiger partial charge in [-0.2, -0.15) is 5.26 Å². The summed E-state index contributed by atoms with van der Waals surface area (Å²) < 4.78 is 0. The number of rotatable bonds is 0. The van der Waals surface area contributed by atoms with Gasteiger partial charge in [0.1, 0.15) is 6.07 Å². The summed E-state index contributed by atoms with van der Waals surface area (Å²) in [7, 11) is 0. The van der Waals surface area contributed by atoms with Crippen LogP contribution >= 0.6 is 11.3 Å². The van der Waals surface area contributed by atoms with Crippen LogP contribution in [0.1, 0.15) is 10.7 Å². The highest BCUT2D eigenvalue weighted by atomic mass is 32.1. The van der Waals surface area contributed by atoms with E-state index < -0.39 is 0 Å². The first-order chi connectivity index (χ1) is 3.83. The topological polar surface area (TPSA) is 36.7 Å². The van der Waals surface area contributed by atoms with Crippen molar-refractivity contribution >= 4 is 11.3 Å². The van der Waals surface area contributed by atoms with E-state index in [2.05, 4.69) is 11.9 Å². The van der Waals surface area contributed by atoms with Gasteiger partial charge >= 0.3 is 0 Å². The van der Waals surface area contributed by atoms with Gasteiger partial charge in [0.2, 0.25) is 0 Å². The summed E-state index contributed by atoms with van der Waals surface area (Å²) in [5.74, 6) is 0. The van der Waals surface area contributed by atoms with E-state index in [1.54, 1.807) is 5.38 Å². The molecule has 0 saturated heterocycles. The molecule has 0 aliphatic carbocycles. The molecule has 1 aromatic heterocycles. The first-order valence-electron chi connectivity index (χ1n) is 2.00. The fourth-order valence-electron chi connectivity index (χ4n) is 0.358. The van der Waals surface area contributed by atoms with Crippen molar-refractivity contribution in [3.63, 3.8) is 0 Å². The summed E-state index contributed by atoms with van der Waals surface area (Å²) in [5, 5.41) is 10.5. The summed E-state index contributed by atoms with van der Waals surface area (Å²) in [5.41, 5.74) is 0.673. The van der Waals surface area contributed by atoms with E-state index in [1.165, 1.54) is 11.3 Å². The average molecular weight is 123 g/mol. The van der Waals surface area contributed by atoms with Crippen molar-refractivity contribution in [2.45, 2.75) is 0 Å². The highest BCUT2D eigenvalue weighted by molar-refractivity contribution is 7.10. The third kappa shape index (κ3) is 0.849. The Bertz CT molecular complexity index is 221. The van der Waals surface area contributed by atoms with Crippen molar-refractivity contribution in [1.82, 2.24) is 4.98 Å². The van der Waals surface area contributed by atoms with Crippen LogP contribution in [0.25, 0.3) is 0 Å². The molecule has 1 rings (SSSR count). The highest BCUT2D eigenvalue weighted by Gasteiger charge is 1.91. The van der Waals surface area contributed by atoms with Crippen molar-refractivity contribution in [3.05, 3.63) is 23.0 Å². The fourth-order valence-corrected chi connectivity index (χ4v) is 0.881. The molecule has 0 spiro atoms. The van der Waals surface area contributed by atoms with Crippen LogP contribution in [0.4, 0.5) is 0 Å². The van der Waals surface area contributed by atoms with Crippen molar-refractivity contribution < 1.29 is 0 Å². The molecule has 1 heterocycles. The molecular weight excluding hydrogens is 120 g/mol. The van der Waals surface area contributed by atoms with E-state index in [1.807, 2.05) is 6.07 Å². The van der Waals surface area contributed by atoms with Gasteiger partial charge < -0.3 is 0 Å². The van der Waals surface area contributed by atoms with Gasteiger partial charge in [0.15, 0.2) is 5.01 Å². The molecule has 39 valence electrons. The van der Waals surface area contributed by atoms with E-state index in [-0.39, 0.29) is 0 Å². The van der Waals surface area contributed by atoms with Gasteiger partial charge in [0, 0.05) is 5.38 Å². The Morgan fingerprint density at radius 3 is 2.88 bits per heavy atom. The van der Waals surface area contributed by atoms with E-state index in [0.29, 0.717) is 10.7 Å². The van der Waals surface area contributed by atoms with Crippen LogP contribution in [0.15, 0.2) is 5.38 Å². The number of hydrogen-bond donors (Lipinski definition) is 0. The number of hydrogen-bond acceptors (Lipinski definition) is 3. The molecule has 0 fully saturated rings. The van der Waals surface area contributed by atoms with Crippen LogP contribution in [-0.4, -0.2) is 4.98 Å². The van der Waals surface area contributed by atoms with Crippen LogP contribution in [0.3, 0.4) is 0 Å². The summed E-state index contributed by atoms with van der Waals surface area (Å²) in [6.07, 6.45) is 0. The van der Waals surface area contributed by atoms with Crippen LogP contribution in [0.5, 0.6) is 0 Å². The lowest BCUT2D eigenvalue weighted by Crippen LogP contribution is -1.69. The van der Waals surface area contributed by atoms with Crippen molar-refractivity contribution in [2.75, 3.05) is 0 Å². The smallest absolute Gasteiger partial charge is 0.194 e. The maximum absolute atomic E-state index is 8.22. The van der Waals surface area contributed by atoms with Crippen molar-refractivity contribution in [1.29, 1.82) is 5.26 Å². The Balaban J connectivity index is 3.05. The quantitative estimate of drug-likeness (QED) is 0.519. The number of thiazole rings is 1. The Kier molecular flexibility index (Phi) is 1.27. The van der Waals surface area contributed by atoms with Crippen LogP contribution in [0.2, 0.25) is 0 Å². The van der Waals surface area contributed by atoms with Crippen molar-refractivity contribution in [2.24, 2.45) is 0 Å². The van der Waals surface area contributed by atoms with Gasteiger partial charge in [0.05, 0.1) is 5.69 Å². The highest BCUT2D eigenvalue weighted by Crippen LogP contribution is 2.05. The van der Waals surface area contributed by atoms with Crippen molar-refractivity contribution in [3.8, 4) is 6.07 Å². The molecule has 3 heteroatoms. The largest absolute Gasteiger partial charge is 0.231 e. The second kappa shape index (κ2) is 1.93. The molecular formula is C5H3N2S. The lowest BCUT2D eigenvalue weighted by molar-refractivity contribution is 1.30. The molecule has 0 bridgehead atoms. The molecule has 0 amide bonds. The second-order valence-electron chi connectivity index (χ2n) is 1.26. The third-order valence-electron chi connectivity index (χ3n) is 0.647. The van der Waals surface area contributed by atoms with Gasteiger partial charge in [0.25, 0.3) is 0 Å². The maximum atomic E-state index is 8.22. The summed E-state index contributed by atoms with van der Waals surface area (Å²) >= 11 is 1.31. The zero-order valence-corrected chi connectivity index (χ0v) is 4.90. The molecule has 8 heavy (non-hydrogen) atoms. The van der Waals surface area contributed by atoms with Crippen LogP contribution in [0, 0.1) is 18.3 Å². The molecule has 0 N–H and O–H groups in total. The van der Waals surface area contributed by atoms with E-state index in [9.17, 15) is 0 Å². The Hall–Kier alpha value is -0.880. The summed E-state index contributed by atoms with van der Waals surface area (Å²) in [6, 6.07) is 1.92. The van der Waals surface area contributed by atoms with Gasteiger partial charge in [-0.05, 0) is 6.92 Å². The van der Waals surface area contributed by atoms with Gasteiger partial charge in [-0.15, -0.1) is 11.3 Å². The lowest BCUT2D eigenvalue weighted by atomic mass is 10.6. The van der Waals surface area contributed by atoms with Gasteiger partial charge in [-0.25, -0.2) is 4.98 Å². The standard InChI is InChI=1S/C5H3N2S/c1-4-3-8-5(2-6)7-4/h3H,1H2. The molecule has 1 aromatic rings. The lowest BCUT2D eigenvalue weighted by Gasteiger charge is -1.68. The first-order valence-corrected chi connectivity index (χ1v) is 2.88.